The van der Waals surface area contributed by atoms with Crippen LogP contribution in [0.5, 0.6) is 0 Å². The van der Waals surface area contributed by atoms with Crippen LogP contribution >= 0.6 is 0 Å². The van der Waals surface area contributed by atoms with Crippen molar-refractivity contribution in [2.75, 3.05) is 39.9 Å². The van der Waals surface area contributed by atoms with Gasteiger partial charge in [-0.3, -0.25) is 4.79 Å². The van der Waals surface area contributed by atoms with Gasteiger partial charge in [0.2, 0.25) is 0 Å². The Bertz CT molecular complexity index is 242. The second-order valence-corrected chi connectivity index (χ2v) is 4.72. The van der Waals surface area contributed by atoms with E-state index in [9.17, 15) is 4.79 Å². The van der Waals surface area contributed by atoms with Gasteiger partial charge in [-0.1, -0.05) is 6.92 Å². The van der Waals surface area contributed by atoms with E-state index in [1.165, 1.54) is 0 Å². The number of carbonyl (C=O) groups is 1. The van der Waals surface area contributed by atoms with Gasteiger partial charge >= 0.3 is 5.97 Å². The van der Waals surface area contributed by atoms with E-state index >= 15 is 0 Å². The molecule has 5 heteroatoms. The maximum atomic E-state index is 11.8. The molecule has 5 nitrogen and oxygen atoms in total. The summed E-state index contributed by atoms with van der Waals surface area (Å²) in [6.07, 6.45) is 2.59. The van der Waals surface area contributed by atoms with Crippen molar-refractivity contribution in [2.24, 2.45) is 0 Å². The Labute approximate surface area is 110 Å². The van der Waals surface area contributed by atoms with Crippen molar-refractivity contribution in [3.05, 3.63) is 0 Å². The first-order valence-corrected chi connectivity index (χ1v) is 6.87. The van der Waals surface area contributed by atoms with Crippen LogP contribution in [0.15, 0.2) is 0 Å². The molecule has 0 aromatic rings. The number of rotatable bonds is 8. The van der Waals surface area contributed by atoms with E-state index in [0.717, 1.165) is 32.5 Å². The van der Waals surface area contributed by atoms with Gasteiger partial charge in [-0.2, -0.15) is 0 Å². The summed E-state index contributed by atoms with van der Waals surface area (Å²) in [6.45, 7) is 7.41. The van der Waals surface area contributed by atoms with Crippen molar-refractivity contribution in [3.8, 4) is 0 Å². The summed E-state index contributed by atoms with van der Waals surface area (Å²) in [4.78, 5) is 13.9. The molecule has 0 saturated carbocycles. The number of esters is 1. The quantitative estimate of drug-likeness (QED) is 0.647. The maximum absolute atomic E-state index is 11.8. The van der Waals surface area contributed by atoms with Crippen molar-refractivity contribution in [1.82, 2.24) is 10.2 Å². The van der Waals surface area contributed by atoms with Crippen LogP contribution in [0.3, 0.4) is 0 Å². The standard InChI is InChI=1S/C13H26N2O3/c1-4-14-12(13(16)17-5-2)10-15(3)9-11-7-6-8-18-11/h11-12,14H,4-10H2,1-3H3. The average Bonchev–Trinajstić information content (AvgIpc) is 2.81. The average molecular weight is 258 g/mol. The first-order chi connectivity index (χ1) is 8.67. The molecule has 2 unspecified atom stereocenters. The Morgan fingerprint density at radius 1 is 1.56 bits per heavy atom. The fourth-order valence-corrected chi connectivity index (χ4v) is 2.23. The Balaban J connectivity index is 2.35. The molecular weight excluding hydrogens is 232 g/mol. The zero-order valence-corrected chi connectivity index (χ0v) is 11.8. The Kier molecular flexibility index (Phi) is 7.23. The molecule has 18 heavy (non-hydrogen) atoms. The molecule has 1 N–H and O–H groups in total. The SMILES string of the molecule is CCNC(CN(C)CC1CCCO1)C(=O)OCC. The molecule has 0 aliphatic carbocycles. The fraction of sp³-hybridized carbons (Fsp3) is 0.923. The maximum Gasteiger partial charge on any atom is 0.324 e. The summed E-state index contributed by atoms with van der Waals surface area (Å²) in [7, 11) is 2.02. The van der Waals surface area contributed by atoms with Gasteiger partial charge in [0.25, 0.3) is 0 Å². The minimum absolute atomic E-state index is 0.168. The van der Waals surface area contributed by atoms with Gasteiger partial charge in [0.15, 0.2) is 0 Å². The summed E-state index contributed by atoms with van der Waals surface area (Å²) in [5.74, 6) is -0.168. The highest BCUT2D eigenvalue weighted by molar-refractivity contribution is 5.76. The molecule has 0 radical (unpaired) electrons. The van der Waals surface area contributed by atoms with Gasteiger partial charge in [-0.15, -0.1) is 0 Å². The zero-order chi connectivity index (χ0) is 13.4. The van der Waals surface area contributed by atoms with E-state index in [2.05, 4.69) is 10.2 Å². The van der Waals surface area contributed by atoms with E-state index in [1.807, 2.05) is 20.9 Å². The van der Waals surface area contributed by atoms with Crippen molar-refractivity contribution in [2.45, 2.75) is 38.8 Å². The van der Waals surface area contributed by atoms with E-state index in [0.29, 0.717) is 19.3 Å². The van der Waals surface area contributed by atoms with Crippen molar-refractivity contribution < 1.29 is 14.3 Å². The van der Waals surface area contributed by atoms with Crippen LogP contribution in [0, 0.1) is 0 Å². The molecule has 0 amide bonds. The number of likely N-dealkylation sites (N-methyl/N-ethyl adjacent to an activating group) is 2. The van der Waals surface area contributed by atoms with E-state index in [-0.39, 0.29) is 12.0 Å². The number of hydrogen-bond donors (Lipinski definition) is 1. The molecule has 1 rings (SSSR count). The van der Waals surface area contributed by atoms with Crippen molar-refractivity contribution >= 4 is 5.97 Å². The van der Waals surface area contributed by atoms with Gasteiger partial charge in [0.1, 0.15) is 6.04 Å². The third-order valence-electron chi connectivity index (χ3n) is 3.06. The van der Waals surface area contributed by atoms with Crippen LogP contribution in [0.1, 0.15) is 26.7 Å². The Morgan fingerprint density at radius 2 is 2.33 bits per heavy atom. The first kappa shape index (κ1) is 15.4. The Hall–Kier alpha value is -0.650. The summed E-state index contributed by atoms with van der Waals surface area (Å²) < 4.78 is 10.7. The summed E-state index contributed by atoms with van der Waals surface area (Å²) in [5.41, 5.74) is 0. The number of nitrogens with zero attached hydrogens (tertiary/aromatic N) is 1. The van der Waals surface area contributed by atoms with Crippen LogP contribution in [-0.2, 0) is 14.3 Å². The highest BCUT2D eigenvalue weighted by Crippen LogP contribution is 2.12. The molecule has 1 fully saturated rings. The second kappa shape index (κ2) is 8.45. The van der Waals surface area contributed by atoms with Crippen molar-refractivity contribution in [3.63, 3.8) is 0 Å². The van der Waals surface area contributed by atoms with Crippen molar-refractivity contribution in [1.29, 1.82) is 0 Å². The molecule has 0 aromatic heterocycles. The molecule has 1 saturated heterocycles. The molecule has 2 atom stereocenters. The fourth-order valence-electron chi connectivity index (χ4n) is 2.23. The van der Waals surface area contributed by atoms with Gasteiger partial charge in [0, 0.05) is 19.7 Å². The third kappa shape index (κ3) is 5.33. The Morgan fingerprint density at radius 3 is 2.89 bits per heavy atom. The van der Waals surface area contributed by atoms with Crippen LogP contribution in [0.4, 0.5) is 0 Å². The summed E-state index contributed by atoms with van der Waals surface area (Å²) in [5, 5.41) is 3.17. The molecule has 1 aliphatic rings. The number of ether oxygens (including phenoxy) is 2. The minimum Gasteiger partial charge on any atom is -0.465 e. The lowest BCUT2D eigenvalue weighted by Gasteiger charge is -2.25. The highest BCUT2D eigenvalue weighted by Gasteiger charge is 2.23. The third-order valence-corrected chi connectivity index (χ3v) is 3.06. The van der Waals surface area contributed by atoms with E-state index < -0.39 is 0 Å². The molecule has 0 aromatic carbocycles. The smallest absolute Gasteiger partial charge is 0.324 e. The van der Waals surface area contributed by atoms with Gasteiger partial charge in [-0.05, 0) is 33.4 Å². The van der Waals surface area contributed by atoms with Crippen LogP contribution in [-0.4, -0.2) is 62.9 Å². The van der Waals surface area contributed by atoms with E-state index in [4.69, 9.17) is 9.47 Å². The largest absolute Gasteiger partial charge is 0.465 e. The number of hydrogen-bond acceptors (Lipinski definition) is 5. The van der Waals surface area contributed by atoms with E-state index in [1.54, 1.807) is 0 Å². The highest BCUT2D eigenvalue weighted by atomic mass is 16.5. The molecule has 0 bridgehead atoms. The predicted octanol–water partition coefficient (Wildman–Crippen LogP) is 0.638. The predicted molar refractivity (Wildman–Crippen MR) is 70.6 cm³/mol. The van der Waals surface area contributed by atoms with Crippen LogP contribution in [0.25, 0.3) is 0 Å². The summed E-state index contributed by atoms with van der Waals surface area (Å²) >= 11 is 0. The minimum atomic E-state index is -0.249. The second-order valence-electron chi connectivity index (χ2n) is 4.72. The molecule has 1 aliphatic heterocycles. The zero-order valence-electron chi connectivity index (χ0n) is 11.8. The topological polar surface area (TPSA) is 50.8 Å². The number of carbonyl (C=O) groups excluding carboxylic acids is 1. The van der Waals surface area contributed by atoms with Gasteiger partial charge < -0.3 is 19.7 Å². The number of nitrogens with one attached hydrogen (secondary N) is 1. The van der Waals surface area contributed by atoms with Gasteiger partial charge in [-0.25, -0.2) is 0 Å². The monoisotopic (exact) mass is 258 g/mol. The lowest BCUT2D eigenvalue weighted by Crippen LogP contribution is -2.47. The molecule has 106 valence electrons. The van der Waals surface area contributed by atoms with Crippen LogP contribution in [0.2, 0.25) is 0 Å². The molecular formula is C13H26N2O3. The molecule has 1 heterocycles. The lowest BCUT2D eigenvalue weighted by atomic mass is 10.2. The first-order valence-electron chi connectivity index (χ1n) is 6.87. The van der Waals surface area contributed by atoms with Crippen LogP contribution < -0.4 is 5.32 Å². The normalized spacial score (nSPS) is 21.2. The summed E-state index contributed by atoms with van der Waals surface area (Å²) in [6, 6.07) is -0.249. The molecule has 0 spiro atoms. The lowest BCUT2D eigenvalue weighted by molar-refractivity contribution is -0.146. The van der Waals surface area contributed by atoms with Gasteiger partial charge in [0.05, 0.1) is 12.7 Å².